The SMILES string of the molecule is CCNC(=O)c1cc(N)ccc1NC(c1ccccc1)c1ccccc1. The fourth-order valence-electron chi connectivity index (χ4n) is 2.94. The predicted molar refractivity (Wildman–Crippen MR) is 107 cm³/mol. The molecule has 0 heterocycles. The van der Waals surface area contributed by atoms with Crippen molar-refractivity contribution in [2.24, 2.45) is 0 Å². The van der Waals surface area contributed by atoms with Gasteiger partial charge in [0, 0.05) is 17.9 Å². The van der Waals surface area contributed by atoms with Gasteiger partial charge in [-0.1, -0.05) is 60.7 Å². The van der Waals surface area contributed by atoms with Crippen LogP contribution in [0.25, 0.3) is 0 Å². The fraction of sp³-hybridized carbons (Fsp3) is 0.136. The summed E-state index contributed by atoms with van der Waals surface area (Å²) in [5.74, 6) is -0.137. The molecule has 4 nitrogen and oxygen atoms in total. The average molecular weight is 345 g/mol. The third-order valence-electron chi connectivity index (χ3n) is 4.19. The van der Waals surface area contributed by atoms with Crippen molar-refractivity contribution in [3.8, 4) is 0 Å². The Morgan fingerprint density at radius 2 is 1.50 bits per heavy atom. The first-order chi connectivity index (χ1) is 12.7. The normalized spacial score (nSPS) is 10.5. The first-order valence-electron chi connectivity index (χ1n) is 8.73. The smallest absolute Gasteiger partial charge is 0.253 e. The molecule has 0 bridgehead atoms. The Kier molecular flexibility index (Phi) is 5.54. The van der Waals surface area contributed by atoms with Gasteiger partial charge in [-0.15, -0.1) is 0 Å². The number of nitrogens with one attached hydrogen (secondary N) is 2. The zero-order valence-electron chi connectivity index (χ0n) is 14.8. The molecule has 0 spiro atoms. The summed E-state index contributed by atoms with van der Waals surface area (Å²) in [5.41, 5.74) is 10.0. The van der Waals surface area contributed by atoms with Gasteiger partial charge in [0.1, 0.15) is 0 Å². The molecule has 1 amide bonds. The van der Waals surface area contributed by atoms with Gasteiger partial charge in [-0.3, -0.25) is 4.79 Å². The van der Waals surface area contributed by atoms with Crippen LogP contribution in [0.3, 0.4) is 0 Å². The molecule has 132 valence electrons. The lowest BCUT2D eigenvalue weighted by molar-refractivity contribution is 0.0956. The van der Waals surface area contributed by atoms with Crippen LogP contribution in [-0.2, 0) is 0 Å². The lowest BCUT2D eigenvalue weighted by atomic mass is 9.97. The van der Waals surface area contributed by atoms with Crippen LogP contribution >= 0.6 is 0 Å². The molecule has 3 aromatic carbocycles. The summed E-state index contributed by atoms with van der Waals surface area (Å²) in [5, 5.41) is 6.38. The van der Waals surface area contributed by atoms with Crippen LogP contribution in [0.4, 0.5) is 11.4 Å². The quantitative estimate of drug-likeness (QED) is 0.586. The van der Waals surface area contributed by atoms with E-state index in [1.165, 1.54) is 0 Å². The van der Waals surface area contributed by atoms with E-state index in [2.05, 4.69) is 34.9 Å². The summed E-state index contributed by atoms with van der Waals surface area (Å²) in [6.07, 6.45) is 0. The van der Waals surface area contributed by atoms with E-state index < -0.39 is 0 Å². The van der Waals surface area contributed by atoms with Gasteiger partial charge in [-0.25, -0.2) is 0 Å². The Bertz CT molecular complexity index is 824. The van der Waals surface area contributed by atoms with Gasteiger partial charge in [0.05, 0.1) is 11.6 Å². The van der Waals surface area contributed by atoms with Gasteiger partial charge in [0.15, 0.2) is 0 Å². The molecule has 0 saturated carbocycles. The molecule has 0 radical (unpaired) electrons. The number of carbonyl (C=O) groups excluding carboxylic acids is 1. The monoisotopic (exact) mass is 345 g/mol. The minimum Gasteiger partial charge on any atom is -0.399 e. The summed E-state index contributed by atoms with van der Waals surface area (Å²) < 4.78 is 0. The second kappa shape index (κ2) is 8.21. The maximum Gasteiger partial charge on any atom is 0.253 e. The number of hydrogen-bond acceptors (Lipinski definition) is 3. The topological polar surface area (TPSA) is 67.2 Å². The maximum absolute atomic E-state index is 12.5. The van der Waals surface area contributed by atoms with Crippen molar-refractivity contribution >= 4 is 17.3 Å². The molecule has 0 aliphatic carbocycles. The number of anilines is 2. The molecule has 4 N–H and O–H groups in total. The lowest BCUT2D eigenvalue weighted by Gasteiger charge is -2.23. The van der Waals surface area contributed by atoms with E-state index in [1.807, 2.05) is 49.4 Å². The van der Waals surface area contributed by atoms with Gasteiger partial charge in [0.25, 0.3) is 5.91 Å². The molecular formula is C22H23N3O. The molecule has 0 aromatic heterocycles. The van der Waals surface area contributed by atoms with Crippen LogP contribution in [0.1, 0.15) is 34.5 Å². The van der Waals surface area contributed by atoms with E-state index in [-0.39, 0.29) is 11.9 Å². The molecule has 0 unspecified atom stereocenters. The van der Waals surface area contributed by atoms with Crippen molar-refractivity contribution in [2.45, 2.75) is 13.0 Å². The van der Waals surface area contributed by atoms with Crippen molar-refractivity contribution in [1.82, 2.24) is 5.32 Å². The molecule has 26 heavy (non-hydrogen) atoms. The predicted octanol–water partition coefficient (Wildman–Crippen LogP) is 4.22. The molecule has 3 rings (SSSR count). The molecule has 3 aromatic rings. The third kappa shape index (κ3) is 4.03. The van der Waals surface area contributed by atoms with E-state index in [9.17, 15) is 4.79 Å². The first-order valence-corrected chi connectivity index (χ1v) is 8.73. The number of amides is 1. The highest BCUT2D eigenvalue weighted by molar-refractivity contribution is 6.00. The molecule has 4 heteroatoms. The van der Waals surface area contributed by atoms with Crippen molar-refractivity contribution in [3.05, 3.63) is 95.6 Å². The van der Waals surface area contributed by atoms with Crippen LogP contribution in [0.15, 0.2) is 78.9 Å². The van der Waals surface area contributed by atoms with Crippen LogP contribution in [0.2, 0.25) is 0 Å². The maximum atomic E-state index is 12.5. The van der Waals surface area contributed by atoms with Crippen molar-refractivity contribution in [2.75, 3.05) is 17.6 Å². The Hall–Kier alpha value is -3.27. The van der Waals surface area contributed by atoms with Gasteiger partial charge < -0.3 is 16.4 Å². The Morgan fingerprint density at radius 3 is 2.04 bits per heavy atom. The van der Waals surface area contributed by atoms with Crippen LogP contribution in [-0.4, -0.2) is 12.5 Å². The summed E-state index contributed by atoms with van der Waals surface area (Å²) in [7, 11) is 0. The van der Waals surface area contributed by atoms with Gasteiger partial charge in [0.2, 0.25) is 0 Å². The number of nitrogens with two attached hydrogens (primary N) is 1. The van der Waals surface area contributed by atoms with Gasteiger partial charge in [-0.05, 0) is 36.2 Å². The molecule has 0 aliphatic heterocycles. The zero-order valence-corrected chi connectivity index (χ0v) is 14.8. The summed E-state index contributed by atoms with van der Waals surface area (Å²) in [6, 6.07) is 25.7. The molecule has 0 saturated heterocycles. The van der Waals surface area contributed by atoms with Gasteiger partial charge in [-0.2, -0.15) is 0 Å². The Morgan fingerprint density at radius 1 is 0.923 bits per heavy atom. The highest BCUT2D eigenvalue weighted by atomic mass is 16.1. The second-order valence-electron chi connectivity index (χ2n) is 6.06. The number of rotatable bonds is 6. The molecule has 0 aliphatic rings. The fourth-order valence-corrected chi connectivity index (χ4v) is 2.94. The van der Waals surface area contributed by atoms with Crippen molar-refractivity contribution in [3.63, 3.8) is 0 Å². The van der Waals surface area contributed by atoms with E-state index in [4.69, 9.17) is 5.73 Å². The first kappa shape index (κ1) is 17.5. The largest absolute Gasteiger partial charge is 0.399 e. The number of carbonyl (C=O) groups is 1. The number of benzene rings is 3. The number of hydrogen-bond donors (Lipinski definition) is 3. The van der Waals surface area contributed by atoms with E-state index in [0.717, 1.165) is 16.8 Å². The minimum absolute atomic E-state index is 0.0748. The third-order valence-corrected chi connectivity index (χ3v) is 4.19. The standard InChI is InChI=1S/C22H23N3O/c1-2-24-22(26)19-15-18(23)13-14-20(19)25-21(16-9-5-3-6-10-16)17-11-7-4-8-12-17/h3-15,21,25H,2,23H2,1H3,(H,24,26). The van der Waals surface area contributed by atoms with Gasteiger partial charge >= 0.3 is 0 Å². The summed E-state index contributed by atoms with van der Waals surface area (Å²) in [4.78, 5) is 12.5. The molecular weight excluding hydrogens is 322 g/mol. The molecule has 0 atom stereocenters. The number of nitrogen functional groups attached to an aromatic ring is 1. The van der Waals surface area contributed by atoms with Crippen molar-refractivity contribution < 1.29 is 4.79 Å². The van der Waals surface area contributed by atoms with E-state index >= 15 is 0 Å². The summed E-state index contributed by atoms with van der Waals surface area (Å²) >= 11 is 0. The minimum atomic E-state index is -0.137. The second-order valence-corrected chi connectivity index (χ2v) is 6.06. The van der Waals surface area contributed by atoms with Crippen molar-refractivity contribution in [1.29, 1.82) is 0 Å². The molecule has 0 fully saturated rings. The van der Waals surface area contributed by atoms with Crippen LogP contribution in [0, 0.1) is 0 Å². The van der Waals surface area contributed by atoms with E-state index in [1.54, 1.807) is 12.1 Å². The Labute approximate surface area is 154 Å². The average Bonchev–Trinajstić information content (AvgIpc) is 2.68. The van der Waals surface area contributed by atoms with Crippen LogP contribution in [0.5, 0.6) is 0 Å². The van der Waals surface area contributed by atoms with Crippen LogP contribution < -0.4 is 16.4 Å². The highest BCUT2D eigenvalue weighted by Crippen LogP contribution is 2.29. The lowest BCUT2D eigenvalue weighted by Crippen LogP contribution is -2.24. The zero-order chi connectivity index (χ0) is 18.4. The van der Waals surface area contributed by atoms with E-state index in [0.29, 0.717) is 17.8 Å². The summed E-state index contributed by atoms with van der Waals surface area (Å²) in [6.45, 7) is 2.46. The Balaban J connectivity index is 2.01. The highest BCUT2D eigenvalue weighted by Gasteiger charge is 2.18.